The zero-order valence-electron chi connectivity index (χ0n) is 16.5. The van der Waals surface area contributed by atoms with Crippen LogP contribution < -0.4 is 0 Å². The number of rotatable bonds is 5. The van der Waals surface area contributed by atoms with Gasteiger partial charge in [0.1, 0.15) is 11.6 Å². The van der Waals surface area contributed by atoms with Gasteiger partial charge in [-0.15, -0.1) is 0 Å². The number of methoxy groups -OCH3 is 1. The highest BCUT2D eigenvalue weighted by Gasteiger charge is 2.27. The van der Waals surface area contributed by atoms with Gasteiger partial charge in [0.25, 0.3) is 0 Å². The molecule has 0 spiro atoms. The highest BCUT2D eigenvalue weighted by Crippen LogP contribution is 2.34. The molecule has 150 valence electrons. The van der Waals surface area contributed by atoms with Gasteiger partial charge in [-0.1, -0.05) is 12.1 Å². The monoisotopic (exact) mass is 394 g/mol. The van der Waals surface area contributed by atoms with Crippen LogP contribution in [0.4, 0.5) is 4.39 Å². The fraction of sp³-hybridized carbons (Fsp3) is 0.304. The summed E-state index contributed by atoms with van der Waals surface area (Å²) in [6.45, 7) is 3.56. The number of oxazole rings is 1. The summed E-state index contributed by atoms with van der Waals surface area (Å²) in [4.78, 5) is 18.7. The lowest BCUT2D eigenvalue weighted by molar-refractivity contribution is 0.0600. The Morgan fingerprint density at radius 2 is 1.93 bits per heavy atom. The van der Waals surface area contributed by atoms with Crippen molar-refractivity contribution in [2.75, 3.05) is 13.7 Å². The number of hydrogen-bond donors (Lipinski definition) is 0. The molecule has 1 aliphatic rings. The van der Waals surface area contributed by atoms with Crippen LogP contribution in [0.25, 0.3) is 11.5 Å². The lowest BCUT2D eigenvalue weighted by atomic mass is 10.0. The minimum Gasteiger partial charge on any atom is -0.465 e. The summed E-state index contributed by atoms with van der Waals surface area (Å²) >= 11 is 0. The van der Waals surface area contributed by atoms with Gasteiger partial charge in [0.15, 0.2) is 0 Å². The van der Waals surface area contributed by atoms with Crippen LogP contribution in [0.3, 0.4) is 0 Å². The third-order valence-electron chi connectivity index (χ3n) is 5.42. The summed E-state index contributed by atoms with van der Waals surface area (Å²) in [5.41, 5.74) is 3.32. The summed E-state index contributed by atoms with van der Waals surface area (Å²) in [5.74, 6) is 0.725. The third kappa shape index (κ3) is 4.07. The quantitative estimate of drug-likeness (QED) is 0.576. The van der Waals surface area contributed by atoms with Crippen molar-refractivity contribution in [3.63, 3.8) is 0 Å². The summed E-state index contributed by atoms with van der Waals surface area (Å²) < 4.78 is 23.9. The van der Waals surface area contributed by atoms with E-state index < -0.39 is 0 Å². The Hall–Kier alpha value is -2.99. The molecular formula is C23H23FN2O3. The molecule has 2 heterocycles. The number of carbonyl (C=O) groups is 1. The number of aryl methyl sites for hydroxylation is 1. The van der Waals surface area contributed by atoms with Gasteiger partial charge in [-0.05, 0) is 68.3 Å². The third-order valence-corrected chi connectivity index (χ3v) is 5.42. The van der Waals surface area contributed by atoms with E-state index in [1.54, 1.807) is 24.3 Å². The SMILES string of the molecule is COC(=O)c1ccc(-c2nc(CN3CCCC3c3ccc(F)cc3)c(C)o2)cc1. The first kappa shape index (κ1) is 19.3. The highest BCUT2D eigenvalue weighted by molar-refractivity contribution is 5.89. The maximum absolute atomic E-state index is 13.3. The molecule has 6 heteroatoms. The maximum Gasteiger partial charge on any atom is 0.337 e. The van der Waals surface area contributed by atoms with Gasteiger partial charge in [0, 0.05) is 18.2 Å². The van der Waals surface area contributed by atoms with Crippen LogP contribution in [0.5, 0.6) is 0 Å². The first-order valence-corrected chi connectivity index (χ1v) is 9.69. The van der Waals surface area contributed by atoms with Gasteiger partial charge in [-0.3, -0.25) is 4.90 Å². The van der Waals surface area contributed by atoms with Gasteiger partial charge in [0.05, 0.1) is 18.4 Å². The molecule has 0 aliphatic carbocycles. The normalized spacial score (nSPS) is 16.9. The topological polar surface area (TPSA) is 55.6 Å². The van der Waals surface area contributed by atoms with Crippen LogP contribution >= 0.6 is 0 Å². The van der Waals surface area contributed by atoms with Crippen molar-refractivity contribution < 1.29 is 18.3 Å². The number of hydrogen-bond acceptors (Lipinski definition) is 5. The van der Waals surface area contributed by atoms with Crippen molar-refractivity contribution in [3.05, 3.63) is 76.9 Å². The van der Waals surface area contributed by atoms with Crippen LogP contribution in [0, 0.1) is 12.7 Å². The molecule has 1 atom stereocenters. The van der Waals surface area contributed by atoms with Crippen LogP contribution in [0.2, 0.25) is 0 Å². The smallest absolute Gasteiger partial charge is 0.337 e. The Labute approximate surface area is 169 Å². The van der Waals surface area contributed by atoms with Gasteiger partial charge in [-0.25, -0.2) is 14.2 Å². The van der Waals surface area contributed by atoms with Crippen LogP contribution in [0.1, 0.15) is 46.3 Å². The van der Waals surface area contributed by atoms with Crippen molar-refractivity contribution in [2.24, 2.45) is 0 Å². The zero-order chi connectivity index (χ0) is 20.4. The van der Waals surface area contributed by atoms with Crippen molar-refractivity contribution in [1.82, 2.24) is 9.88 Å². The molecule has 3 aromatic rings. The molecule has 0 radical (unpaired) electrons. The van der Waals surface area contributed by atoms with Gasteiger partial charge in [0.2, 0.25) is 5.89 Å². The van der Waals surface area contributed by atoms with E-state index in [-0.39, 0.29) is 17.8 Å². The van der Waals surface area contributed by atoms with Crippen molar-refractivity contribution in [3.8, 4) is 11.5 Å². The Morgan fingerprint density at radius 1 is 1.21 bits per heavy atom. The number of esters is 1. The maximum atomic E-state index is 13.3. The van der Waals surface area contributed by atoms with E-state index in [1.807, 2.05) is 19.1 Å². The molecule has 2 aromatic carbocycles. The predicted octanol–water partition coefficient (Wildman–Crippen LogP) is 4.91. The van der Waals surface area contributed by atoms with Crippen LogP contribution in [-0.4, -0.2) is 29.5 Å². The number of nitrogens with zero attached hydrogens (tertiary/aromatic N) is 2. The number of ether oxygens (including phenoxy) is 1. The summed E-state index contributed by atoms with van der Waals surface area (Å²) in [6, 6.07) is 14.0. The van der Waals surface area contributed by atoms with Crippen molar-refractivity contribution >= 4 is 5.97 Å². The average Bonchev–Trinajstić information content (AvgIpc) is 3.35. The molecule has 1 saturated heterocycles. The summed E-state index contributed by atoms with van der Waals surface area (Å²) in [6.07, 6.45) is 2.14. The van der Waals surface area contributed by atoms with E-state index in [4.69, 9.17) is 14.1 Å². The molecular weight excluding hydrogens is 371 g/mol. The largest absolute Gasteiger partial charge is 0.465 e. The molecule has 0 bridgehead atoms. The van der Waals surface area contributed by atoms with Crippen molar-refractivity contribution in [1.29, 1.82) is 0 Å². The first-order valence-electron chi connectivity index (χ1n) is 9.69. The molecule has 1 fully saturated rings. The Kier molecular flexibility index (Phi) is 5.45. The van der Waals surface area contributed by atoms with Crippen LogP contribution in [-0.2, 0) is 11.3 Å². The summed E-state index contributed by atoms with van der Waals surface area (Å²) in [7, 11) is 1.36. The van der Waals surface area contributed by atoms with Gasteiger partial charge >= 0.3 is 5.97 Å². The van der Waals surface area contributed by atoms with E-state index in [2.05, 4.69) is 4.90 Å². The minimum atomic E-state index is -0.373. The van der Waals surface area contributed by atoms with Gasteiger partial charge < -0.3 is 9.15 Å². The second-order valence-corrected chi connectivity index (χ2v) is 7.27. The molecule has 1 aromatic heterocycles. The zero-order valence-corrected chi connectivity index (χ0v) is 16.5. The number of aromatic nitrogens is 1. The molecule has 4 rings (SSSR count). The predicted molar refractivity (Wildman–Crippen MR) is 107 cm³/mol. The van der Waals surface area contributed by atoms with E-state index in [9.17, 15) is 9.18 Å². The second kappa shape index (κ2) is 8.17. The number of benzene rings is 2. The molecule has 1 aliphatic heterocycles. The van der Waals surface area contributed by atoms with E-state index in [0.717, 1.165) is 42.0 Å². The number of halogens is 1. The van der Waals surface area contributed by atoms with E-state index in [1.165, 1.54) is 19.2 Å². The Morgan fingerprint density at radius 3 is 2.62 bits per heavy atom. The first-order chi connectivity index (χ1) is 14.0. The molecule has 0 N–H and O–H groups in total. The molecule has 0 saturated carbocycles. The number of likely N-dealkylation sites (tertiary alicyclic amines) is 1. The summed E-state index contributed by atoms with van der Waals surface area (Å²) in [5, 5.41) is 0. The Balaban J connectivity index is 1.52. The molecule has 5 nitrogen and oxygen atoms in total. The lowest BCUT2D eigenvalue weighted by Gasteiger charge is -2.24. The fourth-order valence-corrected chi connectivity index (χ4v) is 3.84. The van der Waals surface area contributed by atoms with E-state index in [0.29, 0.717) is 18.0 Å². The molecule has 1 unspecified atom stereocenters. The average molecular weight is 394 g/mol. The fourth-order valence-electron chi connectivity index (χ4n) is 3.84. The minimum absolute atomic E-state index is 0.214. The lowest BCUT2D eigenvalue weighted by Crippen LogP contribution is -2.23. The van der Waals surface area contributed by atoms with Gasteiger partial charge in [-0.2, -0.15) is 0 Å². The van der Waals surface area contributed by atoms with Crippen molar-refractivity contribution in [2.45, 2.75) is 32.4 Å². The van der Waals surface area contributed by atoms with Crippen LogP contribution in [0.15, 0.2) is 52.9 Å². The number of carbonyl (C=O) groups excluding carboxylic acids is 1. The molecule has 29 heavy (non-hydrogen) atoms. The Bertz CT molecular complexity index is 996. The highest BCUT2D eigenvalue weighted by atomic mass is 19.1. The molecule has 0 amide bonds. The standard InChI is InChI=1S/C23H23FN2O3/c1-15-20(14-26-13-3-4-21(26)16-9-11-19(24)12-10-16)25-22(29-15)17-5-7-18(8-6-17)23(27)28-2/h5-12,21H,3-4,13-14H2,1-2H3. The second-order valence-electron chi connectivity index (χ2n) is 7.27. The van der Waals surface area contributed by atoms with E-state index >= 15 is 0 Å².